The Labute approximate surface area is 136 Å². The number of aryl methyl sites for hydroxylation is 1. The van der Waals surface area contributed by atoms with Crippen LogP contribution in [-0.2, 0) is 20.7 Å². The molecule has 0 spiro atoms. The highest BCUT2D eigenvalue weighted by atomic mass is 16.5. The number of benzene rings is 1. The lowest BCUT2D eigenvalue weighted by Gasteiger charge is -2.23. The van der Waals surface area contributed by atoms with Gasteiger partial charge in [-0.3, -0.25) is 9.59 Å². The van der Waals surface area contributed by atoms with Crippen molar-refractivity contribution in [2.45, 2.75) is 19.3 Å². The highest BCUT2D eigenvalue weighted by Gasteiger charge is 2.46. The van der Waals surface area contributed by atoms with Gasteiger partial charge in [-0.2, -0.15) is 0 Å². The summed E-state index contributed by atoms with van der Waals surface area (Å²) >= 11 is 0. The number of aliphatic carboxylic acids is 1. The van der Waals surface area contributed by atoms with Crippen LogP contribution in [0.1, 0.15) is 18.4 Å². The molecule has 6 heteroatoms. The van der Waals surface area contributed by atoms with Crippen LogP contribution in [-0.4, -0.2) is 55.8 Å². The van der Waals surface area contributed by atoms with Crippen molar-refractivity contribution in [3.8, 4) is 5.75 Å². The molecule has 1 aromatic carbocycles. The second-order valence-corrected chi connectivity index (χ2v) is 5.94. The molecule has 1 atom stereocenters. The third-order valence-corrected chi connectivity index (χ3v) is 4.34. The molecule has 1 aliphatic rings. The Kier molecular flexibility index (Phi) is 5.60. The van der Waals surface area contributed by atoms with E-state index in [4.69, 9.17) is 9.47 Å². The molecule has 23 heavy (non-hydrogen) atoms. The fourth-order valence-electron chi connectivity index (χ4n) is 2.95. The molecule has 2 rings (SSSR count). The van der Waals surface area contributed by atoms with E-state index in [-0.39, 0.29) is 19.1 Å². The summed E-state index contributed by atoms with van der Waals surface area (Å²) in [6.07, 6.45) is 1.40. The Morgan fingerprint density at radius 2 is 2.13 bits per heavy atom. The number of likely N-dealkylation sites (tertiary alicyclic amines) is 1. The number of hydrogen-bond donors (Lipinski definition) is 1. The van der Waals surface area contributed by atoms with Crippen LogP contribution in [0.15, 0.2) is 24.3 Å². The Morgan fingerprint density at radius 1 is 1.35 bits per heavy atom. The number of methoxy groups -OCH3 is 2. The lowest BCUT2D eigenvalue weighted by molar-refractivity contribution is -0.151. The van der Waals surface area contributed by atoms with Gasteiger partial charge in [0.15, 0.2) is 0 Å². The first kappa shape index (κ1) is 17.3. The van der Waals surface area contributed by atoms with E-state index >= 15 is 0 Å². The van der Waals surface area contributed by atoms with Gasteiger partial charge in [-0.05, 0) is 30.5 Å². The smallest absolute Gasteiger partial charge is 0.313 e. The molecule has 1 N–H and O–H groups in total. The molecule has 1 heterocycles. The molecule has 1 unspecified atom stereocenters. The van der Waals surface area contributed by atoms with E-state index in [0.29, 0.717) is 25.8 Å². The van der Waals surface area contributed by atoms with Gasteiger partial charge in [-0.1, -0.05) is 12.1 Å². The second-order valence-electron chi connectivity index (χ2n) is 5.94. The van der Waals surface area contributed by atoms with Gasteiger partial charge in [-0.25, -0.2) is 0 Å². The van der Waals surface area contributed by atoms with Crippen molar-refractivity contribution >= 4 is 11.9 Å². The first-order valence-corrected chi connectivity index (χ1v) is 7.64. The summed E-state index contributed by atoms with van der Waals surface area (Å²) < 4.78 is 10.2. The SMILES string of the molecule is COCC1(C(=O)O)CCN(C(=O)CCc2cccc(OC)c2)C1. The first-order valence-electron chi connectivity index (χ1n) is 7.64. The number of ether oxygens (including phenoxy) is 2. The van der Waals surface area contributed by atoms with E-state index in [9.17, 15) is 14.7 Å². The number of carboxylic acids is 1. The molecule has 1 saturated heterocycles. The summed E-state index contributed by atoms with van der Waals surface area (Å²) in [7, 11) is 3.09. The van der Waals surface area contributed by atoms with Gasteiger partial charge in [0.05, 0.1) is 13.7 Å². The van der Waals surface area contributed by atoms with E-state index in [1.54, 1.807) is 12.0 Å². The van der Waals surface area contributed by atoms with E-state index in [0.717, 1.165) is 11.3 Å². The highest BCUT2D eigenvalue weighted by Crippen LogP contribution is 2.31. The van der Waals surface area contributed by atoms with Gasteiger partial charge in [-0.15, -0.1) is 0 Å². The quantitative estimate of drug-likeness (QED) is 0.825. The van der Waals surface area contributed by atoms with E-state index in [1.165, 1.54) is 7.11 Å². The Bertz CT molecular complexity index is 574. The van der Waals surface area contributed by atoms with Crippen LogP contribution in [0.25, 0.3) is 0 Å². The van der Waals surface area contributed by atoms with Crippen molar-refractivity contribution in [3.05, 3.63) is 29.8 Å². The highest BCUT2D eigenvalue weighted by molar-refractivity contribution is 5.81. The van der Waals surface area contributed by atoms with Crippen molar-refractivity contribution in [3.63, 3.8) is 0 Å². The van der Waals surface area contributed by atoms with Crippen molar-refractivity contribution in [2.75, 3.05) is 33.9 Å². The van der Waals surface area contributed by atoms with Crippen LogP contribution >= 0.6 is 0 Å². The minimum atomic E-state index is -0.972. The van der Waals surface area contributed by atoms with Crippen molar-refractivity contribution in [1.82, 2.24) is 4.90 Å². The first-order chi connectivity index (χ1) is 11.0. The molecule has 1 amide bonds. The molecule has 0 bridgehead atoms. The average molecular weight is 321 g/mol. The maximum Gasteiger partial charge on any atom is 0.313 e. The third kappa shape index (κ3) is 4.01. The predicted octanol–water partition coefficient (Wildman–Crippen LogP) is 1.58. The summed E-state index contributed by atoms with van der Waals surface area (Å²) in [6, 6.07) is 7.61. The number of rotatable bonds is 7. The number of hydrogen-bond acceptors (Lipinski definition) is 4. The molecule has 0 radical (unpaired) electrons. The molecule has 0 aliphatic carbocycles. The monoisotopic (exact) mass is 321 g/mol. The second kappa shape index (κ2) is 7.46. The molecular weight excluding hydrogens is 298 g/mol. The van der Waals surface area contributed by atoms with Gasteiger partial charge in [0.25, 0.3) is 0 Å². The van der Waals surface area contributed by atoms with Gasteiger partial charge < -0.3 is 19.5 Å². The molecule has 0 saturated carbocycles. The zero-order valence-corrected chi connectivity index (χ0v) is 13.6. The Balaban J connectivity index is 1.92. The normalized spacial score (nSPS) is 20.5. The summed E-state index contributed by atoms with van der Waals surface area (Å²) in [6.45, 7) is 0.807. The molecular formula is C17H23NO5. The largest absolute Gasteiger partial charge is 0.497 e. The van der Waals surface area contributed by atoms with Gasteiger partial charge in [0, 0.05) is 26.6 Å². The van der Waals surface area contributed by atoms with E-state index < -0.39 is 11.4 Å². The van der Waals surface area contributed by atoms with Crippen LogP contribution in [0.3, 0.4) is 0 Å². The zero-order chi connectivity index (χ0) is 16.9. The van der Waals surface area contributed by atoms with E-state index in [1.807, 2.05) is 24.3 Å². The number of carbonyl (C=O) groups is 2. The Hall–Kier alpha value is -2.08. The molecule has 6 nitrogen and oxygen atoms in total. The maximum absolute atomic E-state index is 12.3. The topological polar surface area (TPSA) is 76.1 Å². The van der Waals surface area contributed by atoms with Crippen molar-refractivity contribution in [1.29, 1.82) is 0 Å². The van der Waals surface area contributed by atoms with E-state index in [2.05, 4.69) is 0 Å². The summed E-state index contributed by atoms with van der Waals surface area (Å²) in [5.74, 6) is -0.157. The van der Waals surface area contributed by atoms with Gasteiger partial charge in [0.1, 0.15) is 11.2 Å². The van der Waals surface area contributed by atoms with Crippen LogP contribution in [0, 0.1) is 5.41 Å². The summed E-state index contributed by atoms with van der Waals surface area (Å²) in [5.41, 5.74) is 0.0543. The molecule has 1 fully saturated rings. The standard InChI is InChI=1S/C17H23NO5/c1-22-12-17(16(20)21)8-9-18(11-17)15(19)7-6-13-4-3-5-14(10-13)23-2/h3-5,10H,6-9,11-12H2,1-2H3,(H,20,21). The van der Waals surface area contributed by atoms with Gasteiger partial charge >= 0.3 is 5.97 Å². The fourth-order valence-corrected chi connectivity index (χ4v) is 2.95. The van der Waals surface area contributed by atoms with Crippen molar-refractivity contribution < 1.29 is 24.2 Å². The lowest BCUT2D eigenvalue weighted by Crippen LogP contribution is -2.40. The average Bonchev–Trinajstić information content (AvgIpc) is 2.99. The molecule has 0 aromatic heterocycles. The molecule has 126 valence electrons. The fraction of sp³-hybridized carbons (Fsp3) is 0.529. The summed E-state index contributed by atoms with van der Waals surface area (Å²) in [4.78, 5) is 25.5. The minimum Gasteiger partial charge on any atom is -0.497 e. The minimum absolute atomic E-state index is 0.0213. The van der Waals surface area contributed by atoms with Crippen LogP contribution in [0.4, 0.5) is 0 Å². The summed E-state index contributed by atoms with van der Waals surface area (Å²) in [5, 5.41) is 9.43. The number of amides is 1. The number of carbonyl (C=O) groups excluding carboxylic acids is 1. The number of nitrogens with zero attached hydrogens (tertiary/aromatic N) is 1. The van der Waals surface area contributed by atoms with Crippen molar-refractivity contribution in [2.24, 2.45) is 5.41 Å². The molecule has 1 aromatic rings. The third-order valence-electron chi connectivity index (χ3n) is 4.34. The predicted molar refractivity (Wildman–Crippen MR) is 84.5 cm³/mol. The van der Waals surface area contributed by atoms with Crippen LogP contribution < -0.4 is 4.74 Å². The maximum atomic E-state index is 12.3. The van der Waals surface area contributed by atoms with Crippen LogP contribution in [0.5, 0.6) is 5.75 Å². The molecule has 1 aliphatic heterocycles. The zero-order valence-electron chi connectivity index (χ0n) is 13.6. The Morgan fingerprint density at radius 3 is 2.78 bits per heavy atom. The van der Waals surface area contributed by atoms with Gasteiger partial charge in [0.2, 0.25) is 5.91 Å². The lowest BCUT2D eigenvalue weighted by atomic mass is 9.88. The number of carboxylic acid groups (broad SMARTS) is 1. The van der Waals surface area contributed by atoms with Crippen LogP contribution in [0.2, 0.25) is 0 Å².